The minimum atomic E-state index is -0.495. The van der Waals surface area contributed by atoms with Crippen LogP contribution < -0.4 is 0 Å². The van der Waals surface area contributed by atoms with Crippen molar-refractivity contribution in [1.29, 1.82) is 0 Å². The molecule has 3 aromatic heterocycles. The third kappa shape index (κ3) is 14.2. The van der Waals surface area contributed by atoms with E-state index in [1.54, 1.807) is 40.0 Å². The van der Waals surface area contributed by atoms with E-state index in [2.05, 4.69) is 77.9 Å². The van der Waals surface area contributed by atoms with Crippen LogP contribution in [-0.4, -0.2) is 84.6 Å². The molecule has 0 bridgehead atoms. The number of nitrogens with zero attached hydrogens (tertiary/aromatic N) is 5. The average Bonchev–Trinajstić information content (AvgIpc) is 1.17. The number of hydrogen-bond acceptors (Lipinski definition) is 9. The Hall–Kier alpha value is -4.77. The predicted octanol–water partition coefficient (Wildman–Crippen LogP) is 21.3. The summed E-state index contributed by atoms with van der Waals surface area (Å²) in [5, 5.41) is 50.6. The number of aromatic amines is 1. The normalized spacial score (nSPS) is 42.1. The van der Waals surface area contributed by atoms with Gasteiger partial charge in [0.1, 0.15) is 29.8 Å². The van der Waals surface area contributed by atoms with Crippen LogP contribution in [-0.2, 0) is 27.5 Å². The number of H-pyrrole nitrogens is 1. The first-order valence-electron chi connectivity index (χ1n) is 40.4. The van der Waals surface area contributed by atoms with Gasteiger partial charge in [0, 0.05) is 46.2 Å². The lowest BCUT2D eigenvalue weighted by Gasteiger charge is -2.61. The number of benzene rings is 3. The maximum atomic E-state index is 13.8. The molecule has 24 atom stereocenters. The fourth-order valence-electron chi connectivity index (χ4n) is 27.7. The molecule has 18 rings (SSSR count). The van der Waals surface area contributed by atoms with Crippen molar-refractivity contribution >= 4 is 66.0 Å². The van der Waals surface area contributed by atoms with Gasteiger partial charge in [-0.25, -0.2) is 13.2 Å². The number of carbonyl (C=O) groups excluding carboxylic acids is 3. The number of rotatable bonds is 8. The Labute approximate surface area is 640 Å². The van der Waals surface area contributed by atoms with Crippen LogP contribution in [0.25, 0.3) is 32.7 Å². The lowest BCUT2D eigenvalue weighted by Crippen LogP contribution is -2.55. The SMILES string of the molecule is C.C.C.C[C@@]1(O)CC[C@@]2(C)[C@H](CC[C@@H]3[C@@H]2CC[C@]2(C)[C@@H](C(=O)CBr)CC[C@@H]32)C1.C[C@@]1(O)CC[C@@]2(C)[C@H](CC[C@@H]3[C@@H]2CC[C@]2(C)[C@@H](C(=O)Cn4cc5ccc(F)cc5n4)CC[C@@H]32)C1.C[C@@]1(O)CC[C@@]2(C)[C@H](CC[C@@H]3[C@@H]2CC[C@]2(C)[C@@H](C(=O)Cn4ncc5ccc(F)cc54)CC[C@@H]32)C1.Fc1ccc2cn[nH]c2c1. The van der Waals surface area contributed by atoms with E-state index in [1.807, 2.05) is 27.0 Å². The van der Waals surface area contributed by atoms with Crippen LogP contribution in [0.2, 0.25) is 0 Å². The van der Waals surface area contributed by atoms with Crippen molar-refractivity contribution < 1.29 is 42.9 Å². The van der Waals surface area contributed by atoms with E-state index in [0.29, 0.717) is 79.7 Å². The Balaban J connectivity index is 0.000000139. The van der Waals surface area contributed by atoms with Crippen molar-refractivity contribution in [2.75, 3.05) is 5.33 Å². The summed E-state index contributed by atoms with van der Waals surface area (Å²) in [5.74, 6) is 9.14. The third-order valence-corrected chi connectivity index (χ3v) is 33.9. The van der Waals surface area contributed by atoms with Gasteiger partial charge in [-0.15, -0.1) is 0 Å². The van der Waals surface area contributed by atoms with Gasteiger partial charge >= 0.3 is 0 Å². The smallest absolute Gasteiger partial charge is 0.157 e. The largest absolute Gasteiger partial charge is 0.390 e. The highest BCUT2D eigenvalue weighted by Gasteiger charge is 2.65. The number of hydrogen-bond donors (Lipinski definition) is 4. The van der Waals surface area contributed by atoms with Crippen molar-refractivity contribution in [2.24, 2.45) is 121 Å². The fraction of sp³-hybridized carbons (Fsp3) is 0.733. The maximum absolute atomic E-state index is 13.8. The second kappa shape index (κ2) is 29.7. The molecule has 0 saturated heterocycles. The number of carbonyl (C=O) groups is 3. The predicted molar refractivity (Wildman–Crippen MR) is 422 cm³/mol. The first-order chi connectivity index (χ1) is 48.8. The molecule has 12 aliphatic carbocycles. The summed E-state index contributed by atoms with van der Waals surface area (Å²) >= 11 is 3.43. The van der Waals surface area contributed by atoms with E-state index in [1.165, 1.54) is 120 Å². The molecule has 0 unspecified atom stereocenters. The molecule has 12 aliphatic rings. The molecule has 4 N–H and O–H groups in total. The highest BCUT2D eigenvalue weighted by Crippen LogP contribution is 2.72. The van der Waals surface area contributed by atoms with Crippen LogP contribution in [0.1, 0.15) is 258 Å². The molecule has 3 heterocycles. The summed E-state index contributed by atoms with van der Waals surface area (Å²) in [7, 11) is 0. The van der Waals surface area contributed by atoms with Gasteiger partial charge in [0.05, 0.1) is 57.6 Å². The van der Waals surface area contributed by atoms with Gasteiger partial charge in [-0.2, -0.15) is 15.3 Å². The summed E-state index contributed by atoms with van der Waals surface area (Å²) in [4.78, 5) is 39.7. The number of halogens is 4. The van der Waals surface area contributed by atoms with Gasteiger partial charge in [-0.3, -0.25) is 28.8 Å². The van der Waals surface area contributed by atoms with E-state index in [-0.39, 0.29) is 92.6 Å². The molecule has 0 amide bonds. The zero-order chi connectivity index (χ0) is 72.8. The highest BCUT2D eigenvalue weighted by atomic mass is 79.9. The third-order valence-electron chi connectivity index (χ3n) is 33.3. The fourth-order valence-corrected chi connectivity index (χ4v) is 28.1. The van der Waals surface area contributed by atoms with Crippen molar-refractivity contribution in [2.45, 2.75) is 288 Å². The molecular formula is C90H130BrF3N6O6. The lowest BCUT2D eigenvalue weighted by molar-refractivity contribution is -0.151. The topological polar surface area (TPSA) is 176 Å². The lowest BCUT2D eigenvalue weighted by atomic mass is 9.44. The quantitative estimate of drug-likeness (QED) is 0.108. The van der Waals surface area contributed by atoms with Crippen molar-refractivity contribution in [3.05, 3.63) is 90.6 Å². The van der Waals surface area contributed by atoms with Gasteiger partial charge in [0.25, 0.3) is 0 Å². The molecular weight excluding hydrogens is 1400 g/mol. The Morgan fingerprint density at radius 1 is 0.453 bits per heavy atom. The minimum absolute atomic E-state index is 0. The molecule has 12 fully saturated rings. The van der Waals surface area contributed by atoms with Gasteiger partial charge in [0.2, 0.25) is 0 Å². The minimum Gasteiger partial charge on any atom is -0.390 e. The first kappa shape index (κ1) is 80.7. The Bertz CT molecular complexity index is 4160. The van der Waals surface area contributed by atoms with Gasteiger partial charge < -0.3 is 15.3 Å². The molecule has 0 spiro atoms. The number of alkyl halides is 1. The summed E-state index contributed by atoms with van der Waals surface area (Å²) < 4.78 is 43.3. The van der Waals surface area contributed by atoms with Gasteiger partial charge in [0.15, 0.2) is 11.6 Å². The average molecular weight is 1530 g/mol. The number of nitrogens with one attached hydrogen (secondary N) is 1. The van der Waals surface area contributed by atoms with E-state index in [4.69, 9.17) is 0 Å². The molecule has 0 radical (unpaired) electrons. The van der Waals surface area contributed by atoms with Crippen molar-refractivity contribution in [3.63, 3.8) is 0 Å². The van der Waals surface area contributed by atoms with Crippen LogP contribution in [0, 0.1) is 139 Å². The zero-order valence-corrected chi connectivity index (χ0v) is 64.7. The van der Waals surface area contributed by atoms with Crippen LogP contribution in [0.4, 0.5) is 13.2 Å². The van der Waals surface area contributed by atoms with Crippen LogP contribution >= 0.6 is 15.9 Å². The van der Waals surface area contributed by atoms with E-state index >= 15 is 0 Å². The number of ketones is 3. The van der Waals surface area contributed by atoms with Crippen molar-refractivity contribution in [1.82, 2.24) is 29.8 Å². The number of Topliss-reactive ketones (excluding diaryl/α,β-unsaturated/α-hetero) is 3. The summed E-state index contributed by atoms with van der Waals surface area (Å²) in [6, 6.07) is 13.8. The number of aromatic nitrogens is 6. The van der Waals surface area contributed by atoms with E-state index < -0.39 is 16.8 Å². The second-order valence-corrected chi connectivity index (χ2v) is 39.3. The maximum Gasteiger partial charge on any atom is 0.157 e. The van der Waals surface area contributed by atoms with Crippen LogP contribution in [0.3, 0.4) is 0 Å². The molecule has 6 aromatic rings. The number of fused-ring (bicyclic) bond motifs is 18. The Morgan fingerprint density at radius 2 is 0.849 bits per heavy atom. The molecule has 12 nitrogen and oxygen atoms in total. The van der Waals surface area contributed by atoms with Gasteiger partial charge in [-0.1, -0.05) is 79.8 Å². The molecule has 0 aliphatic heterocycles. The highest BCUT2D eigenvalue weighted by molar-refractivity contribution is 9.09. The van der Waals surface area contributed by atoms with Gasteiger partial charge in [-0.05, 0) is 346 Å². The molecule has 16 heteroatoms. The first-order valence-corrected chi connectivity index (χ1v) is 41.5. The molecule has 106 heavy (non-hydrogen) atoms. The van der Waals surface area contributed by atoms with Crippen LogP contribution in [0.5, 0.6) is 0 Å². The van der Waals surface area contributed by atoms with E-state index in [0.717, 1.165) is 147 Å². The van der Waals surface area contributed by atoms with Crippen molar-refractivity contribution in [3.8, 4) is 0 Å². The Morgan fingerprint density at radius 3 is 1.30 bits per heavy atom. The van der Waals surface area contributed by atoms with Crippen LogP contribution in [0.15, 0.2) is 73.2 Å². The number of aliphatic hydroxyl groups is 3. The van der Waals surface area contributed by atoms with E-state index in [9.17, 15) is 42.9 Å². The zero-order valence-electron chi connectivity index (χ0n) is 63.1. The summed E-state index contributed by atoms with van der Waals surface area (Å²) in [6.07, 6.45) is 36.0. The molecule has 584 valence electrons. The molecule has 3 aromatic carbocycles. The molecule has 12 saturated carbocycles. The monoisotopic (exact) mass is 1530 g/mol. The summed E-state index contributed by atoms with van der Waals surface area (Å²) in [6.45, 7) is 21.4. The standard InChI is InChI=1S/2C29H39FN2O2.C22H35BrO2.C7H5FN2.3CH4/c1-27(34)12-13-28(2)19(15-27)5-7-21-22-8-9-24(29(22,3)11-10-23(21)28)26(33)17-32-16-18-4-6-20(30)14-25(18)31-32;1-27(34)12-13-28(2)19(15-27)5-7-21-22-8-9-24(29(22,3)11-10-23(21)28)26(33)17-32-25-14-20(30)6-4-18(25)16-31-32;1-20(25)10-11-21(2)14(12-20)4-5-15-16-6-7-18(19(24)13-23)22(16,3)9-8-17(15)21;8-6-2-1-5-4-9-10-7(5)3-6;;;/h2*4,6,14,16,19,21-24,34H,5,7-13,15,17H2,1-3H3;14-18,25H,4-13H2,1-3H3;1-4H,(H,9,10);3*1H4/t2*19-,21+,22+,23+,24-,27-,28+,29+;14-,15+,16+,17+,18-,20-,21+,22+;;;;/m111..../s1. The second-order valence-electron chi connectivity index (χ2n) is 38.8. The Kier molecular flexibility index (Phi) is 22.6. The summed E-state index contributed by atoms with van der Waals surface area (Å²) in [5.41, 5.74) is 2.12.